The van der Waals surface area contributed by atoms with Gasteiger partial charge in [0.05, 0.1) is 0 Å². The second-order valence-electron chi connectivity index (χ2n) is 5.25. The topological polar surface area (TPSA) is 32.3 Å². The van der Waals surface area contributed by atoms with Crippen LogP contribution in [0, 0.1) is 6.92 Å². The number of hydrogen-bond acceptors (Lipinski definition) is 2. The molecule has 1 atom stereocenters. The molecule has 1 unspecified atom stereocenters. The van der Waals surface area contributed by atoms with E-state index in [0.717, 1.165) is 19.5 Å². The molecule has 1 aromatic carbocycles. The van der Waals surface area contributed by atoms with Crippen LogP contribution in [0.15, 0.2) is 24.3 Å². The molecule has 17 heavy (non-hydrogen) atoms. The van der Waals surface area contributed by atoms with Crippen molar-refractivity contribution in [2.75, 3.05) is 19.7 Å². The quantitative estimate of drug-likeness (QED) is 0.840. The minimum atomic E-state index is 0.138. The van der Waals surface area contributed by atoms with Crippen LogP contribution in [0.3, 0.4) is 0 Å². The third-order valence-electron chi connectivity index (χ3n) is 3.98. The van der Waals surface area contributed by atoms with E-state index in [4.69, 9.17) is 0 Å². The van der Waals surface area contributed by atoms with Crippen LogP contribution >= 0.6 is 0 Å². The average Bonchev–Trinajstić information content (AvgIpc) is 2.57. The van der Waals surface area contributed by atoms with E-state index in [2.05, 4.69) is 36.5 Å². The van der Waals surface area contributed by atoms with Crippen molar-refractivity contribution < 1.29 is 5.11 Å². The lowest BCUT2D eigenvalue weighted by Gasteiger charge is -2.33. The summed E-state index contributed by atoms with van der Waals surface area (Å²) in [5, 5.41) is 12.9. The van der Waals surface area contributed by atoms with E-state index in [0.29, 0.717) is 0 Å². The Balaban J connectivity index is 2.28. The van der Waals surface area contributed by atoms with Gasteiger partial charge in [-0.05, 0) is 38.3 Å². The highest BCUT2D eigenvalue weighted by molar-refractivity contribution is 5.29. The van der Waals surface area contributed by atoms with Crippen LogP contribution in [0.4, 0.5) is 0 Å². The van der Waals surface area contributed by atoms with Crippen molar-refractivity contribution in [2.45, 2.75) is 38.0 Å². The van der Waals surface area contributed by atoms with Crippen molar-refractivity contribution in [1.82, 2.24) is 5.32 Å². The summed E-state index contributed by atoms with van der Waals surface area (Å²) in [5.41, 5.74) is 2.82. The summed E-state index contributed by atoms with van der Waals surface area (Å²) in [5.74, 6) is 0. The third kappa shape index (κ3) is 2.88. The molecule has 0 spiro atoms. The van der Waals surface area contributed by atoms with E-state index in [1.807, 2.05) is 0 Å². The van der Waals surface area contributed by atoms with Crippen LogP contribution in [0.5, 0.6) is 0 Å². The first-order chi connectivity index (χ1) is 8.27. The van der Waals surface area contributed by atoms with Crippen LogP contribution < -0.4 is 5.32 Å². The van der Waals surface area contributed by atoms with E-state index < -0.39 is 0 Å². The Bertz CT molecular complexity index is 336. The zero-order valence-corrected chi connectivity index (χ0v) is 10.7. The first-order valence-corrected chi connectivity index (χ1v) is 6.66. The molecule has 0 bridgehead atoms. The van der Waals surface area contributed by atoms with Crippen LogP contribution in [0.25, 0.3) is 0 Å². The average molecular weight is 233 g/mol. The zero-order valence-electron chi connectivity index (χ0n) is 10.7. The van der Waals surface area contributed by atoms with Gasteiger partial charge in [0.2, 0.25) is 0 Å². The molecule has 1 heterocycles. The molecule has 94 valence electrons. The Morgan fingerprint density at radius 3 is 2.71 bits per heavy atom. The van der Waals surface area contributed by atoms with E-state index in [1.54, 1.807) is 0 Å². The van der Waals surface area contributed by atoms with Crippen molar-refractivity contribution in [2.24, 2.45) is 0 Å². The Hall–Kier alpha value is -0.860. The van der Waals surface area contributed by atoms with E-state index in [-0.39, 0.29) is 12.0 Å². The molecule has 0 aliphatic carbocycles. The van der Waals surface area contributed by atoms with Gasteiger partial charge in [0, 0.05) is 18.6 Å². The van der Waals surface area contributed by atoms with Crippen LogP contribution in [0.2, 0.25) is 0 Å². The molecule has 1 fully saturated rings. The summed E-state index contributed by atoms with van der Waals surface area (Å²) in [6, 6.07) is 8.83. The maximum absolute atomic E-state index is 9.36. The van der Waals surface area contributed by atoms with Gasteiger partial charge in [-0.25, -0.2) is 0 Å². The lowest BCUT2D eigenvalue weighted by atomic mass is 9.74. The molecular formula is C15H23NO. The van der Waals surface area contributed by atoms with Crippen LogP contribution in [-0.2, 0) is 5.41 Å². The molecule has 2 rings (SSSR count). The van der Waals surface area contributed by atoms with Gasteiger partial charge in [-0.3, -0.25) is 0 Å². The highest BCUT2D eigenvalue weighted by Crippen LogP contribution is 2.34. The van der Waals surface area contributed by atoms with Crippen molar-refractivity contribution >= 4 is 0 Å². The van der Waals surface area contributed by atoms with Gasteiger partial charge < -0.3 is 10.4 Å². The van der Waals surface area contributed by atoms with Crippen molar-refractivity contribution in [3.05, 3.63) is 35.4 Å². The van der Waals surface area contributed by atoms with Crippen molar-refractivity contribution in [3.63, 3.8) is 0 Å². The lowest BCUT2D eigenvalue weighted by Crippen LogP contribution is -2.37. The fourth-order valence-corrected chi connectivity index (χ4v) is 2.85. The molecule has 0 amide bonds. The summed E-state index contributed by atoms with van der Waals surface area (Å²) >= 11 is 0. The standard InChI is InChI=1S/C15H23NO/c1-13-4-6-14(7-5-13)15(9-11-17)8-2-3-10-16-12-15/h4-7,16-17H,2-3,8-12H2,1H3. The molecule has 0 radical (unpaired) electrons. The highest BCUT2D eigenvalue weighted by Gasteiger charge is 2.32. The second kappa shape index (κ2) is 5.65. The summed E-state index contributed by atoms with van der Waals surface area (Å²) in [4.78, 5) is 0. The number of aliphatic hydroxyl groups excluding tert-OH is 1. The molecule has 2 nitrogen and oxygen atoms in total. The van der Waals surface area contributed by atoms with E-state index in [9.17, 15) is 5.11 Å². The number of aryl methyl sites for hydroxylation is 1. The maximum Gasteiger partial charge on any atom is 0.0440 e. The SMILES string of the molecule is Cc1ccc(C2(CCO)CCCCNC2)cc1. The Labute approximate surface area is 104 Å². The Morgan fingerprint density at radius 1 is 1.24 bits per heavy atom. The van der Waals surface area contributed by atoms with E-state index >= 15 is 0 Å². The smallest absolute Gasteiger partial charge is 0.0440 e. The zero-order chi connectivity index (χ0) is 12.1. The number of hydrogen-bond donors (Lipinski definition) is 2. The summed E-state index contributed by atoms with van der Waals surface area (Å²) in [7, 11) is 0. The third-order valence-corrected chi connectivity index (χ3v) is 3.98. The molecule has 1 aliphatic rings. The Morgan fingerprint density at radius 2 is 2.00 bits per heavy atom. The van der Waals surface area contributed by atoms with Crippen molar-refractivity contribution in [1.29, 1.82) is 0 Å². The molecule has 1 aliphatic heterocycles. The fourth-order valence-electron chi connectivity index (χ4n) is 2.85. The molecule has 1 saturated heterocycles. The normalized spacial score (nSPS) is 25.5. The van der Waals surface area contributed by atoms with Gasteiger partial charge in [-0.1, -0.05) is 36.2 Å². The summed E-state index contributed by atoms with van der Waals surface area (Å²) in [6.07, 6.45) is 4.55. The first kappa shape index (κ1) is 12.6. The predicted molar refractivity (Wildman–Crippen MR) is 71.3 cm³/mol. The number of rotatable bonds is 3. The van der Waals surface area contributed by atoms with Crippen LogP contribution in [0.1, 0.15) is 36.8 Å². The number of benzene rings is 1. The second-order valence-corrected chi connectivity index (χ2v) is 5.25. The largest absolute Gasteiger partial charge is 0.396 e. The molecule has 0 saturated carbocycles. The molecule has 2 N–H and O–H groups in total. The first-order valence-electron chi connectivity index (χ1n) is 6.66. The predicted octanol–water partition coefficient (Wildman–Crippen LogP) is 2.39. The maximum atomic E-state index is 9.36. The molecule has 1 aromatic rings. The molecule has 0 aromatic heterocycles. The number of nitrogens with one attached hydrogen (secondary N) is 1. The van der Waals surface area contributed by atoms with E-state index in [1.165, 1.54) is 30.4 Å². The minimum absolute atomic E-state index is 0.138. The van der Waals surface area contributed by atoms with Crippen LogP contribution in [-0.4, -0.2) is 24.8 Å². The minimum Gasteiger partial charge on any atom is -0.396 e. The van der Waals surface area contributed by atoms with Gasteiger partial charge in [0.15, 0.2) is 0 Å². The number of aliphatic hydroxyl groups is 1. The fraction of sp³-hybridized carbons (Fsp3) is 0.600. The Kier molecular flexibility index (Phi) is 4.19. The monoisotopic (exact) mass is 233 g/mol. The lowest BCUT2D eigenvalue weighted by molar-refractivity contribution is 0.228. The summed E-state index contributed by atoms with van der Waals surface area (Å²) in [6.45, 7) is 4.50. The summed E-state index contributed by atoms with van der Waals surface area (Å²) < 4.78 is 0. The van der Waals surface area contributed by atoms with Gasteiger partial charge in [0.25, 0.3) is 0 Å². The van der Waals surface area contributed by atoms with Crippen molar-refractivity contribution in [3.8, 4) is 0 Å². The van der Waals surface area contributed by atoms with Gasteiger partial charge in [-0.15, -0.1) is 0 Å². The van der Waals surface area contributed by atoms with Gasteiger partial charge in [-0.2, -0.15) is 0 Å². The molecule has 2 heteroatoms. The van der Waals surface area contributed by atoms with Gasteiger partial charge in [0.1, 0.15) is 0 Å². The molecular weight excluding hydrogens is 210 g/mol. The van der Waals surface area contributed by atoms with Gasteiger partial charge >= 0.3 is 0 Å². The highest BCUT2D eigenvalue weighted by atomic mass is 16.3.